The first kappa shape index (κ1) is 15.7. The highest BCUT2D eigenvalue weighted by Gasteiger charge is 2.47. The molecule has 0 amide bonds. The molecule has 0 radical (unpaired) electrons. The van der Waals surface area contributed by atoms with Gasteiger partial charge in [-0.25, -0.2) is 0 Å². The minimum atomic E-state index is -3.30. The SMILES string of the molecule is CC1CCCN(S(=O)(=O)N2CCNCC23CCCCC3)C1. The normalized spacial score (nSPS) is 32.3. The Balaban J connectivity index is 1.84. The number of piperazine rings is 1. The van der Waals surface area contributed by atoms with Gasteiger partial charge in [-0.05, 0) is 31.6 Å². The van der Waals surface area contributed by atoms with Crippen molar-refractivity contribution in [2.24, 2.45) is 5.92 Å². The highest BCUT2D eigenvalue weighted by Crippen LogP contribution is 2.37. The molecule has 1 N–H and O–H groups in total. The van der Waals surface area contributed by atoms with Crippen molar-refractivity contribution >= 4 is 10.2 Å². The molecule has 1 spiro atoms. The van der Waals surface area contributed by atoms with Crippen LogP contribution in [0.2, 0.25) is 0 Å². The summed E-state index contributed by atoms with van der Waals surface area (Å²) in [6.45, 7) is 5.80. The minimum absolute atomic E-state index is 0.157. The largest absolute Gasteiger partial charge is 0.314 e. The number of piperidine rings is 1. The van der Waals surface area contributed by atoms with Gasteiger partial charge in [0.1, 0.15) is 0 Å². The molecule has 122 valence electrons. The van der Waals surface area contributed by atoms with E-state index in [4.69, 9.17) is 0 Å². The first-order valence-electron chi connectivity index (χ1n) is 8.53. The van der Waals surface area contributed by atoms with Gasteiger partial charge in [0.25, 0.3) is 10.2 Å². The van der Waals surface area contributed by atoms with Gasteiger partial charge in [0.05, 0.1) is 0 Å². The number of nitrogens with one attached hydrogen (secondary N) is 1. The average Bonchev–Trinajstić information content (AvgIpc) is 2.48. The molecule has 3 fully saturated rings. The molecule has 0 aromatic carbocycles. The Bertz CT molecular complexity index is 451. The second kappa shape index (κ2) is 6.14. The Morgan fingerprint density at radius 3 is 2.57 bits per heavy atom. The van der Waals surface area contributed by atoms with Gasteiger partial charge < -0.3 is 5.32 Å². The van der Waals surface area contributed by atoms with Crippen LogP contribution in [0.1, 0.15) is 51.9 Å². The summed E-state index contributed by atoms with van der Waals surface area (Å²) in [5, 5.41) is 3.43. The molecule has 21 heavy (non-hydrogen) atoms. The van der Waals surface area contributed by atoms with Gasteiger partial charge in [-0.2, -0.15) is 17.0 Å². The summed E-state index contributed by atoms with van der Waals surface area (Å²) in [5.74, 6) is 0.485. The standard InChI is InChI=1S/C15H29N3O2S/c1-14-6-5-10-17(12-14)21(19,20)18-11-9-16-13-15(18)7-3-2-4-8-15/h14,16H,2-13H2,1H3. The zero-order valence-corrected chi connectivity index (χ0v) is 14.0. The van der Waals surface area contributed by atoms with Crippen molar-refractivity contribution in [3.63, 3.8) is 0 Å². The van der Waals surface area contributed by atoms with Crippen LogP contribution in [0, 0.1) is 5.92 Å². The number of hydrogen-bond acceptors (Lipinski definition) is 3. The third kappa shape index (κ3) is 3.00. The van der Waals surface area contributed by atoms with Crippen LogP contribution in [-0.4, -0.2) is 55.3 Å². The van der Waals surface area contributed by atoms with Gasteiger partial charge in [-0.1, -0.05) is 26.2 Å². The molecular formula is C15H29N3O2S. The lowest BCUT2D eigenvalue weighted by Crippen LogP contribution is -2.66. The Hall–Kier alpha value is -0.170. The van der Waals surface area contributed by atoms with Crippen molar-refractivity contribution in [1.29, 1.82) is 0 Å². The van der Waals surface area contributed by atoms with E-state index >= 15 is 0 Å². The molecule has 3 rings (SSSR count). The van der Waals surface area contributed by atoms with Crippen molar-refractivity contribution in [1.82, 2.24) is 13.9 Å². The van der Waals surface area contributed by atoms with Crippen LogP contribution >= 0.6 is 0 Å². The van der Waals surface area contributed by atoms with E-state index in [1.165, 1.54) is 6.42 Å². The molecule has 1 unspecified atom stereocenters. The molecule has 1 aliphatic carbocycles. The van der Waals surface area contributed by atoms with E-state index in [0.29, 0.717) is 25.6 Å². The second-order valence-corrected chi connectivity index (χ2v) is 9.00. The summed E-state index contributed by atoms with van der Waals surface area (Å²) >= 11 is 0. The van der Waals surface area contributed by atoms with E-state index in [1.54, 1.807) is 4.31 Å². The van der Waals surface area contributed by atoms with Gasteiger partial charge in [0.2, 0.25) is 0 Å². The second-order valence-electron chi connectivity index (χ2n) is 7.15. The quantitative estimate of drug-likeness (QED) is 0.841. The maximum Gasteiger partial charge on any atom is 0.282 e. The lowest BCUT2D eigenvalue weighted by Gasteiger charge is -2.50. The van der Waals surface area contributed by atoms with Gasteiger partial charge in [0.15, 0.2) is 0 Å². The fraction of sp³-hybridized carbons (Fsp3) is 1.00. The highest BCUT2D eigenvalue weighted by atomic mass is 32.2. The molecule has 5 nitrogen and oxygen atoms in total. The minimum Gasteiger partial charge on any atom is -0.314 e. The summed E-state index contributed by atoms with van der Waals surface area (Å²) in [7, 11) is -3.30. The van der Waals surface area contributed by atoms with E-state index in [9.17, 15) is 8.42 Å². The van der Waals surface area contributed by atoms with Crippen molar-refractivity contribution < 1.29 is 8.42 Å². The van der Waals surface area contributed by atoms with Crippen LogP contribution < -0.4 is 5.32 Å². The zero-order chi connectivity index (χ0) is 14.9. The molecular weight excluding hydrogens is 286 g/mol. The van der Waals surface area contributed by atoms with E-state index in [-0.39, 0.29) is 5.54 Å². The summed E-state index contributed by atoms with van der Waals surface area (Å²) in [5.41, 5.74) is -0.157. The molecule has 2 aliphatic heterocycles. The van der Waals surface area contributed by atoms with Gasteiger partial charge in [-0.15, -0.1) is 0 Å². The van der Waals surface area contributed by atoms with Crippen LogP contribution in [0.3, 0.4) is 0 Å². The van der Waals surface area contributed by atoms with Crippen molar-refractivity contribution in [2.75, 3.05) is 32.7 Å². The fourth-order valence-electron chi connectivity index (χ4n) is 4.32. The first-order chi connectivity index (χ1) is 10.0. The van der Waals surface area contributed by atoms with Crippen LogP contribution in [0.15, 0.2) is 0 Å². The Kier molecular flexibility index (Phi) is 4.60. The molecule has 6 heteroatoms. The predicted octanol–water partition coefficient (Wildman–Crippen LogP) is 1.57. The Labute approximate surface area is 129 Å². The summed E-state index contributed by atoms with van der Waals surface area (Å²) < 4.78 is 30.0. The summed E-state index contributed by atoms with van der Waals surface area (Å²) in [6, 6.07) is 0. The Morgan fingerprint density at radius 1 is 1.10 bits per heavy atom. The predicted molar refractivity (Wildman–Crippen MR) is 84.3 cm³/mol. The van der Waals surface area contributed by atoms with Gasteiger partial charge in [0, 0.05) is 38.3 Å². The molecule has 0 aromatic heterocycles. The van der Waals surface area contributed by atoms with E-state index in [2.05, 4.69) is 12.2 Å². The molecule has 2 heterocycles. The summed E-state index contributed by atoms with van der Waals surface area (Å²) in [4.78, 5) is 0. The molecule has 0 bridgehead atoms. The maximum absolute atomic E-state index is 13.2. The monoisotopic (exact) mass is 315 g/mol. The highest BCUT2D eigenvalue weighted by molar-refractivity contribution is 7.86. The van der Waals surface area contributed by atoms with Crippen LogP contribution in [0.5, 0.6) is 0 Å². The fourth-order valence-corrected chi connectivity index (χ4v) is 6.46. The molecule has 2 saturated heterocycles. The number of hydrogen-bond donors (Lipinski definition) is 1. The maximum atomic E-state index is 13.2. The average molecular weight is 315 g/mol. The lowest BCUT2D eigenvalue weighted by atomic mass is 9.80. The van der Waals surface area contributed by atoms with E-state index in [1.807, 2.05) is 4.31 Å². The van der Waals surface area contributed by atoms with Crippen molar-refractivity contribution in [3.05, 3.63) is 0 Å². The van der Waals surface area contributed by atoms with Crippen molar-refractivity contribution in [3.8, 4) is 0 Å². The van der Waals surface area contributed by atoms with Crippen LogP contribution in [0.25, 0.3) is 0 Å². The zero-order valence-electron chi connectivity index (χ0n) is 13.2. The van der Waals surface area contributed by atoms with Gasteiger partial charge in [-0.3, -0.25) is 0 Å². The summed E-state index contributed by atoms with van der Waals surface area (Å²) in [6.07, 6.45) is 7.74. The smallest absolute Gasteiger partial charge is 0.282 e. The third-order valence-electron chi connectivity index (χ3n) is 5.48. The topological polar surface area (TPSA) is 52.7 Å². The third-order valence-corrected chi connectivity index (χ3v) is 7.59. The van der Waals surface area contributed by atoms with E-state index < -0.39 is 10.2 Å². The van der Waals surface area contributed by atoms with Crippen LogP contribution in [-0.2, 0) is 10.2 Å². The van der Waals surface area contributed by atoms with Crippen molar-refractivity contribution in [2.45, 2.75) is 57.4 Å². The number of nitrogens with zero attached hydrogens (tertiary/aromatic N) is 2. The molecule has 3 aliphatic rings. The molecule has 1 saturated carbocycles. The lowest BCUT2D eigenvalue weighted by molar-refractivity contribution is 0.0909. The molecule has 1 atom stereocenters. The molecule has 0 aromatic rings. The van der Waals surface area contributed by atoms with Gasteiger partial charge >= 0.3 is 0 Å². The first-order valence-corrected chi connectivity index (χ1v) is 9.93. The number of rotatable bonds is 2. The Morgan fingerprint density at radius 2 is 1.86 bits per heavy atom. The van der Waals surface area contributed by atoms with Crippen LogP contribution in [0.4, 0.5) is 0 Å². The van der Waals surface area contributed by atoms with E-state index in [0.717, 1.165) is 51.6 Å².